The fourth-order valence-electron chi connectivity index (χ4n) is 4.62. The van der Waals surface area contributed by atoms with Crippen LogP contribution < -0.4 is 0 Å². The van der Waals surface area contributed by atoms with Gasteiger partial charge < -0.3 is 9.47 Å². The molecule has 0 spiro atoms. The van der Waals surface area contributed by atoms with Gasteiger partial charge in [-0.2, -0.15) is 0 Å². The number of carbonyl (C=O) groups excluding carboxylic acids is 1. The number of ether oxygens (including phenoxy) is 2. The largest absolute Gasteiger partial charge is 0.379 e. The maximum Gasteiger partial charge on any atom is 0.182 e. The summed E-state index contributed by atoms with van der Waals surface area (Å²) >= 11 is 0. The summed E-state index contributed by atoms with van der Waals surface area (Å²) in [6.45, 7) is 10.0. The molecule has 2 aromatic rings. The third-order valence-corrected chi connectivity index (χ3v) is 6.25. The van der Waals surface area contributed by atoms with Crippen LogP contribution in [0.1, 0.15) is 33.1 Å². The molecule has 0 N–H and O–H groups in total. The molecule has 0 amide bonds. The SMILES string of the molecule is Cc1ccc(C)c(C(=O)[C@@H]([C@@H](c2ccccc2)N2CCOCC2)N2CCOCC2)c1. The molecule has 2 atom stereocenters. The normalized spacial score (nSPS) is 20.6. The minimum atomic E-state index is -0.255. The van der Waals surface area contributed by atoms with Gasteiger partial charge in [0, 0.05) is 31.7 Å². The second kappa shape index (κ2) is 9.84. The highest BCUT2D eigenvalue weighted by Crippen LogP contribution is 2.32. The number of carbonyl (C=O) groups is 1. The summed E-state index contributed by atoms with van der Waals surface area (Å²) in [7, 11) is 0. The summed E-state index contributed by atoms with van der Waals surface area (Å²) in [6, 6.07) is 16.4. The molecule has 4 rings (SSSR count). The number of hydrogen-bond acceptors (Lipinski definition) is 5. The van der Waals surface area contributed by atoms with Crippen LogP contribution in [0.4, 0.5) is 0 Å². The molecule has 2 aromatic carbocycles. The highest BCUT2D eigenvalue weighted by atomic mass is 16.5. The molecule has 0 saturated carbocycles. The highest BCUT2D eigenvalue weighted by molar-refractivity contribution is 6.02. The number of rotatable bonds is 6. The van der Waals surface area contributed by atoms with Crippen molar-refractivity contribution in [1.29, 1.82) is 0 Å². The number of nitrogens with zero attached hydrogens (tertiary/aromatic N) is 2. The quantitative estimate of drug-likeness (QED) is 0.687. The number of hydrogen-bond donors (Lipinski definition) is 0. The average molecular weight is 409 g/mol. The maximum absolute atomic E-state index is 14.1. The third kappa shape index (κ3) is 4.65. The fraction of sp³-hybridized carbons (Fsp3) is 0.480. The first-order chi connectivity index (χ1) is 14.6. The minimum absolute atomic E-state index is 0.0133. The Morgan fingerprint density at radius 1 is 0.833 bits per heavy atom. The minimum Gasteiger partial charge on any atom is -0.379 e. The van der Waals surface area contributed by atoms with E-state index in [0.29, 0.717) is 26.4 Å². The summed E-state index contributed by atoms with van der Waals surface area (Å²) < 4.78 is 11.3. The second-order valence-corrected chi connectivity index (χ2v) is 8.28. The zero-order chi connectivity index (χ0) is 20.9. The molecule has 0 bridgehead atoms. The van der Waals surface area contributed by atoms with Gasteiger partial charge in [0.1, 0.15) is 0 Å². The van der Waals surface area contributed by atoms with E-state index in [-0.39, 0.29) is 17.9 Å². The first-order valence-corrected chi connectivity index (χ1v) is 10.9. The van der Waals surface area contributed by atoms with Crippen LogP contribution in [0.5, 0.6) is 0 Å². The Kier molecular flexibility index (Phi) is 6.95. The van der Waals surface area contributed by atoms with Crippen molar-refractivity contribution >= 4 is 5.78 Å². The first-order valence-electron chi connectivity index (χ1n) is 10.9. The predicted molar refractivity (Wildman–Crippen MR) is 118 cm³/mol. The molecule has 2 heterocycles. The number of benzene rings is 2. The van der Waals surface area contributed by atoms with E-state index in [1.54, 1.807) is 0 Å². The average Bonchev–Trinajstić information content (AvgIpc) is 2.80. The molecule has 0 unspecified atom stereocenters. The van der Waals surface area contributed by atoms with E-state index in [2.05, 4.69) is 53.1 Å². The molecule has 2 aliphatic heterocycles. The lowest BCUT2D eigenvalue weighted by molar-refractivity contribution is -0.0301. The van der Waals surface area contributed by atoms with Crippen molar-refractivity contribution in [1.82, 2.24) is 9.80 Å². The van der Waals surface area contributed by atoms with Crippen LogP contribution in [0.25, 0.3) is 0 Å². The number of aryl methyl sites for hydroxylation is 2. The Labute approximate surface area is 179 Å². The van der Waals surface area contributed by atoms with Gasteiger partial charge in [-0.15, -0.1) is 0 Å². The van der Waals surface area contributed by atoms with Crippen molar-refractivity contribution in [3.63, 3.8) is 0 Å². The Bertz CT molecular complexity index is 843. The van der Waals surface area contributed by atoms with Gasteiger partial charge in [0.25, 0.3) is 0 Å². The monoisotopic (exact) mass is 408 g/mol. The summed E-state index contributed by atoms with van der Waals surface area (Å²) in [5.74, 6) is 0.207. The number of ketones is 1. The van der Waals surface area contributed by atoms with Crippen LogP contribution in [0.3, 0.4) is 0 Å². The van der Waals surface area contributed by atoms with E-state index < -0.39 is 0 Å². The Morgan fingerprint density at radius 3 is 2.07 bits per heavy atom. The zero-order valence-electron chi connectivity index (χ0n) is 18.0. The predicted octanol–water partition coefficient (Wildman–Crippen LogP) is 3.26. The smallest absolute Gasteiger partial charge is 0.182 e. The van der Waals surface area contributed by atoms with Gasteiger partial charge in [0.05, 0.1) is 38.5 Å². The van der Waals surface area contributed by atoms with Gasteiger partial charge in [-0.1, -0.05) is 48.0 Å². The summed E-state index contributed by atoms with van der Waals surface area (Å²) in [6.07, 6.45) is 0. The van der Waals surface area contributed by atoms with E-state index in [1.807, 2.05) is 19.1 Å². The lowest BCUT2D eigenvalue weighted by atomic mass is 9.87. The first kappa shape index (κ1) is 21.2. The van der Waals surface area contributed by atoms with Crippen LogP contribution >= 0.6 is 0 Å². The molecule has 2 fully saturated rings. The van der Waals surface area contributed by atoms with E-state index in [1.165, 1.54) is 5.56 Å². The van der Waals surface area contributed by atoms with E-state index in [0.717, 1.165) is 42.9 Å². The van der Waals surface area contributed by atoms with Crippen molar-refractivity contribution in [2.75, 3.05) is 52.6 Å². The molecule has 0 aliphatic carbocycles. The maximum atomic E-state index is 14.1. The Morgan fingerprint density at radius 2 is 1.43 bits per heavy atom. The standard InChI is InChI=1S/C25H32N2O3/c1-19-8-9-20(2)22(18-19)25(28)24(27-12-16-30-17-13-27)23(21-6-4-3-5-7-21)26-10-14-29-15-11-26/h3-9,18,23-24H,10-17H2,1-2H3/t23-,24-/m1/s1. The van der Waals surface area contributed by atoms with Crippen molar-refractivity contribution < 1.29 is 14.3 Å². The van der Waals surface area contributed by atoms with Crippen molar-refractivity contribution in [2.45, 2.75) is 25.9 Å². The lowest BCUT2D eigenvalue weighted by Gasteiger charge is -2.44. The lowest BCUT2D eigenvalue weighted by Crippen LogP contribution is -2.55. The summed E-state index contributed by atoms with van der Waals surface area (Å²) in [5, 5.41) is 0. The van der Waals surface area contributed by atoms with Gasteiger partial charge in [-0.05, 0) is 31.0 Å². The number of Topliss-reactive ketones (excluding diaryl/α,β-unsaturated/α-hetero) is 1. The molecule has 0 radical (unpaired) electrons. The highest BCUT2D eigenvalue weighted by Gasteiger charge is 2.40. The van der Waals surface area contributed by atoms with E-state index in [4.69, 9.17) is 9.47 Å². The summed E-state index contributed by atoms with van der Waals surface area (Å²) in [4.78, 5) is 18.9. The van der Waals surface area contributed by atoms with Gasteiger partial charge in [-0.3, -0.25) is 14.6 Å². The van der Waals surface area contributed by atoms with Crippen LogP contribution in [0, 0.1) is 13.8 Å². The topological polar surface area (TPSA) is 42.0 Å². The molecule has 5 nitrogen and oxygen atoms in total. The molecule has 2 saturated heterocycles. The second-order valence-electron chi connectivity index (χ2n) is 8.28. The van der Waals surface area contributed by atoms with Crippen LogP contribution in [0.2, 0.25) is 0 Å². The van der Waals surface area contributed by atoms with Crippen molar-refractivity contribution in [3.8, 4) is 0 Å². The Balaban J connectivity index is 1.79. The van der Waals surface area contributed by atoms with E-state index in [9.17, 15) is 4.79 Å². The van der Waals surface area contributed by atoms with Gasteiger partial charge in [-0.25, -0.2) is 0 Å². The van der Waals surface area contributed by atoms with Crippen molar-refractivity contribution in [3.05, 3.63) is 70.8 Å². The summed E-state index contributed by atoms with van der Waals surface area (Å²) in [5.41, 5.74) is 4.18. The number of morpholine rings is 2. The third-order valence-electron chi connectivity index (χ3n) is 6.25. The zero-order valence-corrected chi connectivity index (χ0v) is 18.0. The van der Waals surface area contributed by atoms with Gasteiger partial charge >= 0.3 is 0 Å². The fourth-order valence-corrected chi connectivity index (χ4v) is 4.62. The molecule has 160 valence electrons. The van der Waals surface area contributed by atoms with Gasteiger partial charge in [0.2, 0.25) is 0 Å². The van der Waals surface area contributed by atoms with Crippen LogP contribution in [-0.2, 0) is 9.47 Å². The molecule has 5 heteroatoms. The van der Waals surface area contributed by atoms with Gasteiger partial charge in [0.15, 0.2) is 5.78 Å². The molecule has 30 heavy (non-hydrogen) atoms. The molecule has 0 aromatic heterocycles. The molecular weight excluding hydrogens is 376 g/mol. The van der Waals surface area contributed by atoms with Crippen molar-refractivity contribution in [2.24, 2.45) is 0 Å². The van der Waals surface area contributed by atoms with E-state index >= 15 is 0 Å². The van der Waals surface area contributed by atoms with Crippen LogP contribution in [0.15, 0.2) is 48.5 Å². The Hall–Kier alpha value is -2.05. The van der Waals surface area contributed by atoms with Crippen LogP contribution in [-0.4, -0.2) is 74.2 Å². The molecular formula is C25H32N2O3. The molecule has 2 aliphatic rings.